The summed E-state index contributed by atoms with van der Waals surface area (Å²) in [7, 11) is -2.67. The van der Waals surface area contributed by atoms with Crippen molar-refractivity contribution >= 4 is 39.2 Å². The van der Waals surface area contributed by atoms with Crippen LogP contribution < -0.4 is 10.3 Å². The number of hydrogen-bond acceptors (Lipinski definition) is 7. The van der Waals surface area contributed by atoms with Gasteiger partial charge in [0, 0.05) is 20.1 Å². The molecule has 0 saturated carbocycles. The summed E-state index contributed by atoms with van der Waals surface area (Å²) in [5, 5.41) is -0.0534. The van der Waals surface area contributed by atoms with Crippen LogP contribution in [-0.2, 0) is 31.3 Å². The highest BCUT2D eigenvalue weighted by molar-refractivity contribution is 7.92. The number of carbonyl (C=O) groups is 2. The van der Waals surface area contributed by atoms with Gasteiger partial charge >= 0.3 is 5.97 Å². The van der Waals surface area contributed by atoms with E-state index in [9.17, 15) is 22.8 Å². The Morgan fingerprint density at radius 2 is 1.74 bits per heavy atom. The zero-order chi connectivity index (χ0) is 28.5. The first-order valence-corrected chi connectivity index (χ1v) is 14.0. The Balaban J connectivity index is 1.54. The van der Waals surface area contributed by atoms with Gasteiger partial charge in [-0.2, -0.15) is 0 Å². The van der Waals surface area contributed by atoms with Crippen LogP contribution in [-0.4, -0.2) is 66.5 Å². The first-order chi connectivity index (χ1) is 18.4. The average molecular weight is 577 g/mol. The molecule has 0 bridgehead atoms. The Morgan fingerprint density at radius 1 is 1.10 bits per heavy atom. The van der Waals surface area contributed by atoms with Crippen LogP contribution >= 0.6 is 11.6 Å². The minimum atomic E-state index is -4.31. The van der Waals surface area contributed by atoms with E-state index in [2.05, 4.69) is 4.72 Å². The quantitative estimate of drug-likeness (QED) is 0.428. The average Bonchev–Trinajstić information content (AvgIpc) is 3.09. The molecule has 1 aromatic heterocycles. The van der Waals surface area contributed by atoms with Crippen LogP contribution in [0.25, 0.3) is 5.69 Å². The number of aromatic nitrogens is 2. The van der Waals surface area contributed by atoms with Gasteiger partial charge in [0.05, 0.1) is 39.1 Å². The summed E-state index contributed by atoms with van der Waals surface area (Å²) in [4.78, 5) is 39.7. The number of amides is 1. The molecule has 3 aromatic rings. The van der Waals surface area contributed by atoms with Gasteiger partial charge in [-0.15, -0.1) is 0 Å². The number of sulfonamides is 1. The molecule has 39 heavy (non-hydrogen) atoms. The predicted molar refractivity (Wildman–Crippen MR) is 145 cm³/mol. The summed E-state index contributed by atoms with van der Waals surface area (Å²) >= 11 is 6.16. The molecule has 1 fully saturated rings. The van der Waals surface area contributed by atoms with E-state index >= 15 is 0 Å². The lowest BCUT2D eigenvalue weighted by Gasteiger charge is -2.35. The smallest absolute Gasteiger partial charge is 0.340 e. The number of nitrogens with one attached hydrogen (secondary N) is 1. The summed E-state index contributed by atoms with van der Waals surface area (Å²) < 4.78 is 42.5. The van der Waals surface area contributed by atoms with Crippen LogP contribution in [0, 0.1) is 6.92 Å². The molecule has 4 rings (SSSR count). The molecule has 2 aromatic carbocycles. The molecule has 0 aliphatic carbocycles. The van der Waals surface area contributed by atoms with E-state index < -0.39 is 34.1 Å². The van der Waals surface area contributed by atoms with E-state index in [4.69, 9.17) is 21.1 Å². The van der Waals surface area contributed by atoms with Crippen molar-refractivity contribution in [3.8, 4) is 5.69 Å². The first-order valence-electron chi connectivity index (χ1n) is 12.2. The number of esters is 1. The normalized spacial score (nSPS) is 17.6. The number of carbonyl (C=O) groups excluding carboxylic acids is 2. The van der Waals surface area contributed by atoms with E-state index in [1.54, 1.807) is 49.2 Å². The maximum absolute atomic E-state index is 13.2. The van der Waals surface area contributed by atoms with Gasteiger partial charge in [-0.05, 0) is 51.1 Å². The Morgan fingerprint density at radius 3 is 2.38 bits per heavy atom. The summed E-state index contributed by atoms with van der Waals surface area (Å²) in [5.74, 6) is -1.36. The number of nitrogens with zero attached hydrogens (tertiary/aromatic N) is 3. The van der Waals surface area contributed by atoms with Gasteiger partial charge in [0.1, 0.15) is 5.69 Å². The molecular weight excluding hydrogens is 548 g/mol. The fourth-order valence-electron chi connectivity index (χ4n) is 4.38. The lowest BCUT2D eigenvalue weighted by Crippen LogP contribution is -2.49. The lowest BCUT2D eigenvalue weighted by molar-refractivity contribution is -0.146. The van der Waals surface area contributed by atoms with Crippen molar-refractivity contribution in [3.05, 3.63) is 75.2 Å². The number of ether oxygens (including phenoxy) is 2. The van der Waals surface area contributed by atoms with Crippen LogP contribution in [0.5, 0.6) is 0 Å². The second-order valence-corrected chi connectivity index (χ2v) is 11.4. The Hall–Kier alpha value is -3.61. The van der Waals surface area contributed by atoms with Gasteiger partial charge in [0.2, 0.25) is 0 Å². The maximum Gasteiger partial charge on any atom is 0.340 e. The van der Waals surface area contributed by atoms with E-state index in [0.717, 1.165) is 6.07 Å². The van der Waals surface area contributed by atoms with Gasteiger partial charge in [-0.3, -0.25) is 19.0 Å². The minimum absolute atomic E-state index is 0.0534. The molecule has 0 radical (unpaired) electrons. The largest absolute Gasteiger partial charge is 0.452 e. The van der Waals surface area contributed by atoms with Crippen molar-refractivity contribution in [2.24, 2.45) is 7.05 Å². The zero-order valence-electron chi connectivity index (χ0n) is 21.9. The van der Waals surface area contributed by atoms with E-state index in [0.29, 0.717) is 24.5 Å². The maximum atomic E-state index is 13.2. The van der Waals surface area contributed by atoms with Crippen LogP contribution in [0.3, 0.4) is 0 Å². The highest BCUT2D eigenvalue weighted by atomic mass is 35.5. The van der Waals surface area contributed by atoms with Crippen molar-refractivity contribution < 1.29 is 27.5 Å². The SMILES string of the molecule is Cc1c(NS(=O)(=O)c2ccc(Cl)c(C(=O)OCC(=O)N3CC(C)OC(C)C3)c2)c(=O)n(-c2ccccc2)n1C. The summed E-state index contributed by atoms with van der Waals surface area (Å²) in [6.07, 6.45) is -0.301. The highest BCUT2D eigenvalue weighted by Gasteiger charge is 2.28. The molecule has 1 N–H and O–H groups in total. The van der Waals surface area contributed by atoms with Crippen molar-refractivity contribution in [3.63, 3.8) is 0 Å². The fourth-order valence-corrected chi connectivity index (χ4v) is 5.72. The zero-order valence-corrected chi connectivity index (χ0v) is 23.5. The standard InChI is InChI=1S/C26H29ClN4O7S/c1-16-13-30(14-17(2)38-16)23(32)15-37-26(34)21-12-20(10-11-22(21)27)39(35,36)28-24-18(3)29(4)31(25(24)33)19-8-6-5-7-9-19/h5-12,16-17,28H,13-15H2,1-4H3. The number of hydrogen-bond donors (Lipinski definition) is 1. The van der Waals surface area contributed by atoms with Crippen molar-refractivity contribution in [2.45, 2.75) is 37.9 Å². The first kappa shape index (κ1) is 28.4. The second-order valence-electron chi connectivity index (χ2n) is 9.32. The molecule has 1 amide bonds. The topological polar surface area (TPSA) is 129 Å². The Kier molecular flexibility index (Phi) is 8.19. The van der Waals surface area contributed by atoms with Crippen molar-refractivity contribution in [1.82, 2.24) is 14.3 Å². The molecule has 2 heterocycles. The van der Waals surface area contributed by atoms with E-state index in [1.165, 1.54) is 21.5 Å². The number of anilines is 1. The second kappa shape index (κ2) is 11.2. The van der Waals surface area contributed by atoms with E-state index in [-0.39, 0.29) is 33.4 Å². The Bertz CT molecular complexity index is 1560. The number of benzene rings is 2. The number of rotatable bonds is 7. The molecule has 1 aliphatic heterocycles. The molecule has 0 spiro atoms. The molecule has 208 valence electrons. The van der Waals surface area contributed by atoms with Crippen LogP contribution in [0.1, 0.15) is 29.9 Å². The highest BCUT2D eigenvalue weighted by Crippen LogP contribution is 2.24. The third kappa shape index (κ3) is 6.02. The van der Waals surface area contributed by atoms with Gasteiger partial charge in [0.15, 0.2) is 6.61 Å². The van der Waals surface area contributed by atoms with Crippen LogP contribution in [0.4, 0.5) is 5.69 Å². The van der Waals surface area contributed by atoms with Crippen LogP contribution in [0.2, 0.25) is 5.02 Å². The summed E-state index contributed by atoms with van der Waals surface area (Å²) in [6, 6.07) is 12.3. The van der Waals surface area contributed by atoms with Gasteiger partial charge in [-0.25, -0.2) is 17.9 Å². The molecule has 2 atom stereocenters. The lowest BCUT2D eigenvalue weighted by atomic mass is 10.2. The molecule has 1 saturated heterocycles. The van der Waals surface area contributed by atoms with Crippen LogP contribution in [0.15, 0.2) is 58.2 Å². The predicted octanol–water partition coefficient (Wildman–Crippen LogP) is 2.73. The molecule has 11 nitrogen and oxygen atoms in total. The fraction of sp³-hybridized carbons (Fsp3) is 0.346. The van der Waals surface area contributed by atoms with Gasteiger partial charge in [-0.1, -0.05) is 29.8 Å². The third-order valence-corrected chi connectivity index (χ3v) is 8.03. The Labute approximate surface area is 230 Å². The summed E-state index contributed by atoms with van der Waals surface area (Å²) in [5.41, 5.74) is 0.00284. The molecule has 13 heteroatoms. The summed E-state index contributed by atoms with van der Waals surface area (Å²) in [6.45, 7) is 5.49. The monoisotopic (exact) mass is 576 g/mol. The van der Waals surface area contributed by atoms with Crippen molar-refractivity contribution in [1.29, 1.82) is 0 Å². The minimum Gasteiger partial charge on any atom is -0.452 e. The van der Waals surface area contributed by atoms with Gasteiger partial charge < -0.3 is 14.4 Å². The van der Waals surface area contributed by atoms with Gasteiger partial charge in [0.25, 0.3) is 21.5 Å². The third-order valence-electron chi connectivity index (χ3n) is 6.36. The van der Waals surface area contributed by atoms with Crippen molar-refractivity contribution in [2.75, 3.05) is 24.4 Å². The number of para-hydroxylation sites is 1. The molecule has 1 aliphatic rings. The molecular formula is C26H29ClN4O7S. The number of morpholine rings is 1. The van der Waals surface area contributed by atoms with E-state index in [1.807, 2.05) is 13.8 Å². The molecule has 2 unspecified atom stereocenters. The number of halogens is 1.